The van der Waals surface area contributed by atoms with Crippen molar-refractivity contribution >= 4 is 10.0 Å². The van der Waals surface area contributed by atoms with Crippen molar-refractivity contribution in [2.75, 3.05) is 19.6 Å². The molecule has 0 bridgehead atoms. The summed E-state index contributed by atoms with van der Waals surface area (Å²) in [5.74, 6) is 1.42. The highest BCUT2D eigenvalue weighted by molar-refractivity contribution is 7.89. The van der Waals surface area contributed by atoms with Gasteiger partial charge in [-0.15, -0.1) is 0 Å². The van der Waals surface area contributed by atoms with Crippen LogP contribution in [0.15, 0.2) is 35.2 Å². The molecule has 0 radical (unpaired) electrons. The summed E-state index contributed by atoms with van der Waals surface area (Å²) in [6.45, 7) is 11.6. The van der Waals surface area contributed by atoms with Crippen LogP contribution in [0.25, 0.3) is 0 Å². The van der Waals surface area contributed by atoms with Crippen molar-refractivity contribution in [3.63, 3.8) is 0 Å². The first-order chi connectivity index (χ1) is 10.2. The Labute approximate surface area is 135 Å². The summed E-state index contributed by atoms with van der Waals surface area (Å²) < 4.78 is 27.9. The predicted octanol–water partition coefficient (Wildman–Crippen LogP) is 1.30. The number of benzene rings is 1. The van der Waals surface area contributed by atoms with Gasteiger partial charge in [0, 0.05) is 11.8 Å². The third-order valence-corrected chi connectivity index (χ3v) is 5.95. The number of quaternary nitrogens is 1. The molecule has 0 aliphatic carbocycles. The lowest BCUT2D eigenvalue weighted by Crippen LogP contribution is -3.16. The smallest absolute Gasteiger partial charge is 0.241 e. The molecule has 0 aromatic heterocycles. The van der Waals surface area contributed by atoms with Crippen LogP contribution in [0.3, 0.4) is 0 Å². The molecule has 124 valence electrons. The minimum Gasteiger partial charge on any atom is -0.333 e. The number of nitrogens with one attached hydrogen (secondary N) is 2. The Hall–Kier alpha value is -0.910. The van der Waals surface area contributed by atoms with Crippen LogP contribution in [0.1, 0.15) is 34.1 Å². The van der Waals surface area contributed by atoms with Gasteiger partial charge in [-0.3, -0.25) is 0 Å². The molecule has 1 fully saturated rings. The molecule has 0 saturated carbocycles. The average molecular weight is 325 g/mol. The monoisotopic (exact) mass is 325 g/mol. The lowest BCUT2D eigenvalue weighted by Gasteiger charge is -2.37. The van der Waals surface area contributed by atoms with E-state index in [2.05, 4.69) is 18.6 Å². The quantitative estimate of drug-likeness (QED) is 0.857. The zero-order valence-corrected chi connectivity index (χ0v) is 14.9. The van der Waals surface area contributed by atoms with Crippen LogP contribution in [0.2, 0.25) is 0 Å². The zero-order chi connectivity index (χ0) is 16.4. The number of sulfonamides is 1. The van der Waals surface area contributed by atoms with Crippen LogP contribution in [-0.2, 0) is 10.0 Å². The van der Waals surface area contributed by atoms with Gasteiger partial charge in [-0.2, -0.15) is 4.72 Å². The molecule has 1 aliphatic heterocycles. The summed E-state index contributed by atoms with van der Waals surface area (Å²) >= 11 is 0. The molecule has 2 rings (SSSR count). The summed E-state index contributed by atoms with van der Waals surface area (Å²) in [4.78, 5) is 1.82. The maximum atomic E-state index is 12.5. The maximum Gasteiger partial charge on any atom is 0.241 e. The molecule has 0 spiro atoms. The highest BCUT2D eigenvalue weighted by Crippen LogP contribution is 2.14. The minimum absolute atomic E-state index is 0.332. The molecule has 1 heterocycles. The van der Waals surface area contributed by atoms with Crippen LogP contribution in [0, 0.1) is 11.8 Å². The standard InChI is InChI=1S/C17H28N2O2S/c1-14-10-15(2)12-19(11-14)13-17(3,4)18-22(20,21)16-8-6-5-7-9-16/h5-9,14-15,18H,10-13H2,1-4H3/p+1/t14-,15-/m1/s1. The summed E-state index contributed by atoms with van der Waals surface area (Å²) in [5, 5.41) is 0. The second-order valence-corrected chi connectivity index (χ2v) is 9.27. The lowest BCUT2D eigenvalue weighted by molar-refractivity contribution is -0.915. The molecule has 2 N–H and O–H groups in total. The molecule has 22 heavy (non-hydrogen) atoms. The fourth-order valence-corrected chi connectivity index (χ4v) is 5.18. The van der Waals surface area contributed by atoms with Crippen molar-refractivity contribution in [2.24, 2.45) is 11.8 Å². The van der Waals surface area contributed by atoms with Crippen LogP contribution in [0.5, 0.6) is 0 Å². The third kappa shape index (κ3) is 4.80. The van der Waals surface area contributed by atoms with E-state index in [0.717, 1.165) is 19.6 Å². The van der Waals surface area contributed by atoms with Crippen LogP contribution in [0.4, 0.5) is 0 Å². The topological polar surface area (TPSA) is 50.6 Å². The first kappa shape index (κ1) is 17.4. The van der Waals surface area contributed by atoms with E-state index < -0.39 is 15.6 Å². The summed E-state index contributed by atoms with van der Waals surface area (Å²) in [6.07, 6.45) is 1.28. The molecule has 1 aromatic rings. The lowest BCUT2D eigenvalue weighted by atomic mass is 9.91. The van der Waals surface area contributed by atoms with E-state index in [4.69, 9.17) is 0 Å². The number of hydrogen-bond acceptors (Lipinski definition) is 2. The molecular formula is C17H29N2O2S+. The van der Waals surface area contributed by atoms with E-state index in [1.807, 2.05) is 19.9 Å². The summed E-state index contributed by atoms with van der Waals surface area (Å²) in [7, 11) is -3.46. The number of rotatable bonds is 5. The van der Waals surface area contributed by atoms with Crippen molar-refractivity contribution < 1.29 is 13.3 Å². The molecule has 1 aliphatic rings. The van der Waals surface area contributed by atoms with Gasteiger partial charge in [-0.1, -0.05) is 32.0 Å². The minimum atomic E-state index is -3.46. The number of likely N-dealkylation sites (tertiary alicyclic amines) is 1. The van der Waals surface area contributed by atoms with E-state index in [9.17, 15) is 8.42 Å². The first-order valence-electron chi connectivity index (χ1n) is 8.10. The van der Waals surface area contributed by atoms with Gasteiger partial charge in [0.25, 0.3) is 0 Å². The van der Waals surface area contributed by atoms with E-state index in [0.29, 0.717) is 16.7 Å². The Morgan fingerprint density at radius 1 is 1.14 bits per heavy atom. The summed E-state index contributed by atoms with van der Waals surface area (Å²) in [5.41, 5.74) is -0.458. The maximum absolute atomic E-state index is 12.5. The summed E-state index contributed by atoms with van der Waals surface area (Å²) in [6, 6.07) is 8.60. The van der Waals surface area contributed by atoms with Crippen molar-refractivity contribution in [1.29, 1.82) is 0 Å². The highest BCUT2D eigenvalue weighted by atomic mass is 32.2. The van der Waals surface area contributed by atoms with Crippen molar-refractivity contribution in [1.82, 2.24) is 4.72 Å². The molecule has 1 aromatic carbocycles. The van der Waals surface area contributed by atoms with Crippen LogP contribution >= 0.6 is 0 Å². The predicted molar refractivity (Wildman–Crippen MR) is 89.4 cm³/mol. The van der Waals surface area contributed by atoms with Gasteiger partial charge in [0.05, 0.1) is 30.1 Å². The van der Waals surface area contributed by atoms with Gasteiger partial charge < -0.3 is 4.90 Å². The Balaban J connectivity index is 2.04. The van der Waals surface area contributed by atoms with E-state index in [1.54, 1.807) is 24.3 Å². The normalized spacial score (nSPS) is 26.8. The van der Waals surface area contributed by atoms with Crippen molar-refractivity contribution in [2.45, 2.75) is 44.6 Å². The fourth-order valence-electron chi connectivity index (χ4n) is 3.75. The van der Waals surface area contributed by atoms with Crippen molar-refractivity contribution in [3.8, 4) is 0 Å². The molecule has 1 saturated heterocycles. The van der Waals surface area contributed by atoms with Gasteiger partial charge in [0.15, 0.2) is 0 Å². The van der Waals surface area contributed by atoms with E-state index in [-0.39, 0.29) is 0 Å². The molecule has 0 amide bonds. The van der Waals surface area contributed by atoms with Gasteiger partial charge in [-0.25, -0.2) is 8.42 Å². The Kier molecular flexibility index (Phi) is 5.30. The average Bonchev–Trinajstić information content (AvgIpc) is 2.36. The zero-order valence-electron chi connectivity index (χ0n) is 14.1. The number of hydrogen-bond donors (Lipinski definition) is 2. The molecule has 2 atom stereocenters. The molecule has 0 unspecified atom stereocenters. The second kappa shape index (κ2) is 6.69. The van der Waals surface area contributed by atoms with Crippen LogP contribution in [-0.4, -0.2) is 33.6 Å². The number of piperidine rings is 1. The Morgan fingerprint density at radius 3 is 2.23 bits per heavy atom. The van der Waals surface area contributed by atoms with E-state index >= 15 is 0 Å². The van der Waals surface area contributed by atoms with Gasteiger partial charge in [0.1, 0.15) is 0 Å². The van der Waals surface area contributed by atoms with Crippen LogP contribution < -0.4 is 9.62 Å². The largest absolute Gasteiger partial charge is 0.333 e. The first-order valence-corrected chi connectivity index (χ1v) is 9.59. The Bertz CT molecular complexity index is 574. The third-order valence-electron chi connectivity index (χ3n) is 4.24. The second-order valence-electron chi connectivity index (χ2n) is 7.58. The highest BCUT2D eigenvalue weighted by Gasteiger charge is 2.33. The van der Waals surface area contributed by atoms with Gasteiger partial charge >= 0.3 is 0 Å². The fraction of sp³-hybridized carbons (Fsp3) is 0.647. The van der Waals surface area contributed by atoms with Gasteiger partial charge in [-0.05, 0) is 32.4 Å². The molecular weight excluding hydrogens is 296 g/mol. The van der Waals surface area contributed by atoms with Crippen molar-refractivity contribution in [3.05, 3.63) is 30.3 Å². The SMILES string of the molecule is C[C@@H]1C[C@@H](C)C[NH+](CC(C)(C)NS(=O)(=O)c2ccccc2)C1. The molecule has 5 heteroatoms. The van der Waals surface area contributed by atoms with Gasteiger partial charge in [0.2, 0.25) is 10.0 Å². The molecule has 4 nitrogen and oxygen atoms in total. The Morgan fingerprint density at radius 2 is 1.68 bits per heavy atom. The van der Waals surface area contributed by atoms with E-state index in [1.165, 1.54) is 11.3 Å².